The molecular weight excluding hydrogens is 368 g/mol. The molecule has 1 amide bonds. The molecule has 7 heteroatoms. The molecule has 0 unspecified atom stereocenters. The number of benzene rings is 2. The van der Waals surface area contributed by atoms with E-state index in [1.165, 1.54) is 0 Å². The molecule has 4 rings (SSSR count). The van der Waals surface area contributed by atoms with Crippen molar-refractivity contribution in [3.8, 4) is 23.1 Å². The van der Waals surface area contributed by atoms with E-state index in [0.29, 0.717) is 25.0 Å². The van der Waals surface area contributed by atoms with Crippen LogP contribution in [-0.4, -0.2) is 41.0 Å². The number of amides is 1. The molecule has 2 aromatic carbocycles. The molecule has 1 aromatic heterocycles. The lowest BCUT2D eigenvalue weighted by molar-refractivity contribution is -0.117. The van der Waals surface area contributed by atoms with E-state index < -0.39 is 0 Å². The summed E-state index contributed by atoms with van der Waals surface area (Å²) < 4.78 is 12.4. The Balaban J connectivity index is 1.64. The molecule has 1 heterocycles. The van der Waals surface area contributed by atoms with Gasteiger partial charge in [0.2, 0.25) is 5.91 Å². The Bertz CT molecular complexity index is 994. The highest BCUT2D eigenvalue weighted by Gasteiger charge is 2.29. The number of ether oxygens (including phenoxy) is 2. The number of methoxy groups -OCH3 is 1. The number of aromatic nitrogens is 3. The molecule has 0 aliphatic heterocycles. The molecule has 0 bridgehead atoms. The zero-order chi connectivity index (χ0) is 20.2. The number of anilines is 1. The van der Waals surface area contributed by atoms with Gasteiger partial charge >= 0.3 is 6.01 Å². The van der Waals surface area contributed by atoms with Gasteiger partial charge in [0.05, 0.1) is 12.3 Å². The van der Waals surface area contributed by atoms with Crippen LogP contribution in [-0.2, 0) is 9.53 Å². The topological polar surface area (TPSA) is 78.3 Å². The van der Waals surface area contributed by atoms with Crippen LogP contribution in [0.4, 0.5) is 5.69 Å². The van der Waals surface area contributed by atoms with E-state index in [1.807, 2.05) is 55.5 Å². The maximum atomic E-state index is 12.0. The van der Waals surface area contributed by atoms with Gasteiger partial charge in [-0.2, -0.15) is 4.98 Å². The van der Waals surface area contributed by atoms with Crippen molar-refractivity contribution >= 4 is 11.6 Å². The van der Waals surface area contributed by atoms with Crippen LogP contribution in [0.5, 0.6) is 6.01 Å². The summed E-state index contributed by atoms with van der Waals surface area (Å²) in [6.07, 6.45) is 1.96. The van der Waals surface area contributed by atoms with Crippen molar-refractivity contribution in [2.24, 2.45) is 5.92 Å². The number of nitrogens with one attached hydrogen (secondary N) is 1. The minimum Gasteiger partial charge on any atom is -0.460 e. The van der Waals surface area contributed by atoms with Gasteiger partial charge in [0.25, 0.3) is 0 Å². The van der Waals surface area contributed by atoms with Crippen molar-refractivity contribution in [2.45, 2.75) is 19.8 Å². The molecule has 29 heavy (non-hydrogen) atoms. The highest BCUT2D eigenvalue weighted by Crippen LogP contribution is 2.31. The van der Waals surface area contributed by atoms with Gasteiger partial charge in [-0.25, -0.2) is 4.68 Å². The van der Waals surface area contributed by atoms with E-state index >= 15 is 0 Å². The van der Waals surface area contributed by atoms with E-state index in [1.54, 1.807) is 11.8 Å². The van der Waals surface area contributed by atoms with Crippen LogP contribution in [0, 0.1) is 12.8 Å². The van der Waals surface area contributed by atoms with E-state index in [-0.39, 0.29) is 11.8 Å². The van der Waals surface area contributed by atoms with Gasteiger partial charge in [0.15, 0.2) is 5.82 Å². The highest BCUT2D eigenvalue weighted by atomic mass is 16.5. The summed E-state index contributed by atoms with van der Waals surface area (Å²) in [6.45, 7) is 2.87. The van der Waals surface area contributed by atoms with Crippen molar-refractivity contribution in [3.05, 3.63) is 54.1 Å². The number of nitrogens with zero attached hydrogens (tertiary/aromatic N) is 3. The quantitative estimate of drug-likeness (QED) is 0.593. The molecule has 1 N–H and O–H groups in total. The van der Waals surface area contributed by atoms with Crippen molar-refractivity contribution in [3.63, 3.8) is 0 Å². The number of carbonyl (C=O) groups is 1. The van der Waals surface area contributed by atoms with Gasteiger partial charge in [-0.3, -0.25) is 4.79 Å². The van der Waals surface area contributed by atoms with Crippen LogP contribution in [0.3, 0.4) is 0 Å². The molecule has 0 saturated heterocycles. The van der Waals surface area contributed by atoms with Gasteiger partial charge < -0.3 is 14.8 Å². The van der Waals surface area contributed by atoms with Gasteiger partial charge in [-0.1, -0.05) is 24.3 Å². The summed E-state index contributed by atoms with van der Waals surface area (Å²) in [4.78, 5) is 16.6. The number of hydrogen-bond donors (Lipinski definition) is 1. The minimum absolute atomic E-state index is 0.0907. The lowest BCUT2D eigenvalue weighted by Gasteiger charge is -2.09. The largest absolute Gasteiger partial charge is 0.460 e. The first-order chi connectivity index (χ1) is 14.2. The Morgan fingerprint density at radius 1 is 1.14 bits per heavy atom. The van der Waals surface area contributed by atoms with Crippen molar-refractivity contribution in [1.29, 1.82) is 0 Å². The first-order valence-corrected chi connectivity index (χ1v) is 9.72. The zero-order valence-electron chi connectivity index (χ0n) is 16.6. The molecule has 0 spiro atoms. The molecule has 0 atom stereocenters. The van der Waals surface area contributed by atoms with Crippen LogP contribution in [0.1, 0.15) is 18.4 Å². The fraction of sp³-hybridized carbons (Fsp3) is 0.318. The second-order valence-electron chi connectivity index (χ2n) is 7.10. The Morgan fingerprint density at radius 3 is 2.59 bits per heavy atom. The number of rotatable bonds is 8. The molecule has 3 aromatic rings. The Hall–Kier alpha value is -3.19. The standard InChI is InChI=1S/C22H24N4O3/c1-15-5-3-4-6-19(15)20-24-22(29-14-13-28-2)25-26(20)18-11-9-17(10-12-18)23-21(27)16-7-8-16/h3-6,9-12,16H,7-8,13-14H2,1-2H3,(H,23,27). The van der Waals surface area contributed by atoms with Gasteiger partial charge in [0, 0.05) is 24.3 Å². The molecule has 150 valence electrons. The van der Waals surface area contributed by atoms with Gasteiger partial charge in [-0.15, -0.1) is 5.10 Å². The summed E-state index contributed by atoms with van der Waals surface area (Å²) in [5.41, 5.74) is 3.69. The van der Waals surface area contributed by atoms with Crippen LogP contribution >= 0.6 is 0 Å². The minimum atomic E-state index is 0.0907. The van der Waals surface area contributed by atoms with E-state index in [9.17, 15) is 4.79 Å². The summed E-state index contributed by atoms with van der Waals surface area (Å²) in [5.74, 6) is 0.961. The fourth-order valence-corrected chi connectivity index (χ4v) is 3.02. The first-order valence-electron chi connectivity index (χ1n) is 9.72. The first kappa shape index (κ1) is 19.1. The van der Waals surface area contributed by atoms with Gasteiger partial charge in [-0.05, 0) is 49.6 Å². The smallest absolute Gasteiger partial charge is 0.336 e. The molecular formula is C22H24N4O3. The van der Waals surface area contributed by atoms with Gasteiger partial charge in [0.1, 0.15) is 6.61 Å². The monoisotopic (exact) mass is 392 g/mol. The third-order valence-corrected chi connectivity index (χ3v) is 4.82. The van der Waals surface area contributed by atoms with Crippen LogP contribution in [0.15, 0.2) is 48.5 Å². The van der Waals surface area contributed by atoms with Crippen molar-refractivity contribution in [2.75, 3.05) is 25.6 Å². The summed E-state index contributed by atoms with van der Waals surface area (Å²) in [6, 6.07) is 15.9. The third kappa shape index (κ3) is 4.46. The van der Waals surface area contributed by atoms with Crippen LogP contribution < -0.4 is 10.1 Å². The molecule has 1 aliphatic carbocycles. The molecule has 0 radical (unpaired) electrons. The Kier molecular flexibility index (Phi) is 5.57. The highest BCUT2D eigenvalue weighted by molar-refractivity contribution is 5.94. The predicted octanol–water partition coefficient (Wildman–Crippen LogP) is 3.62. The molecule has 7 nitrogen and oxygen atoms in total. The van der Waals surface area contributed by atoms with Crippen molar-refractivity contribution < 1.29 is 14.3 Å². The molecule has 1 aliphatic rings. The SMILES string of the molecule is COCCOc1nc(-c2ccccc2C)n(-c2ccc(NC(=O)C3CC3)cc2)n1. The Morgan fingerprint density at radius 2 is 1.90 bits per heavy atom. The summed E-state index contributed by atoms with van der Waals surface area (Å²) >= 11 is 0. The lowest BCUT2D eigenvalue weighted by atomic mass is 10.1. The van der Waals surface area contributed by atoms with Crippen LogP contribution in [0.25, 0.3) is 17.1 Å². The van der Waals surface area contributed by atoms with Crippen LogP contribution in [0.2, 0.25) is 0 Å². The molecule has 1 fully saturated rings. The second kappa shape index (κ2) is 8.45. The summed E-state index contributed by atoms with van der Waals surface area (Å²) in [5, 5.41) is 7.49. The number of carbonyl (C=O) groups excluding carboxylic acids is 1. The summed E-state index contributed by atoms with van der Waals surface area (Å²) in [7, 11) is 1.62. The third-order valence-electron chi connectivity index (χ3n) is 4.82. The number of aryl methyl sites for hydroxylation is 1. The average molecular weight is 392 g/mol. The zero-order valence-corrected chi connectivity index (χ0v) is 16.6. The Labute approximate surface area is 169 Å². The molecule has 1 saturated carbocycles. The fourth-order valence-electron chi connectivity index (χ4n) is 3.02. The average Bonchev–Trinajstić information content (AvgIpc) is 3.50. The van der Waals surface area contributed by atoms with Crippen molar-refractivity contribution in [1.82, 2.24) is 14.8 Å². The van der Waals surface area contributed by atoms with E-state index in [4.69, 9.17) is 9.47 Å². The predicted molar refractivity (Wildman–Crippen MR) is 110 cm³/mol. The number of hydrogen-bond acceptors (Lipinski definition) is 5. The maximum Gasteiger partial charge on any atom is 0.336 e. The maximum absolute atomic E-state index is 12.0. The van der Waals surface area contributed by atoms with E-state index in [2.05, 4.69) is 15.4 Å². The lowest BCUT2D eigenvalue weighted by Crippen LogP contribution is -2.13. The normalized spacial score (nSPS) is 13.3. The second-order valence-corrected chi connectivity index (χ2v) is 7.10. The van der Waals surface area contributed by atoms with E-state index in [0.717, 1.165) is 35.3 Å².